The van der Waals surface area contributed by atoms with Crippen molar-refractivity contribution in [3.63, 3.8) is 0 Å². The molecule has 2 aliphatic rings. The molecular weight excluding hydrogens is 629 g/mol. The number of esters is 2. The zero-order valence-electron chi connectivity index (χ0n) is 24.0. The molecule has 0 aromatic heterocycles. The zero-order valence-corrected chi connectivity index (χ0v) is 25.6. The second-order valence-corrected chi connectivity index (χ2v) is 11.5. The summed E-state index contributed by atoms with van der Waals surface area (Å²) in [5.41, 5.74) is 2.21. The second-order valence-electron chi connectivity index (χ2n) is 10.7. The number of alkyl halides is 3. The first kappa shape index (κ1) is 32.4. The number of rotatable bonds is 11. The molecule has 0 aliphatic heterocycles. The first-order valence-corrected chi connectivity index (χ1v) is 14.8. The molecule has 2 saturated carbocycles. The predicted molar refractivity (Wildman–Crippen MR) is 159 cm³/mol. The third kappa shape index (κ3) is 10.3. The fourth-order valence-corrected chi connectivity index (χ4v) is 4.65. The average molecular weight is 664 g/mol. The molecule has 0 amide bonds. The molecule has 6 nitrogen and oxygen atoms in total. The smallest absolute Gasteiger partial charge is 0.416 e. The highest BCUT2D eigenvalue weighted by molar-refractivity contribution is 9.10. The summed E-state index contributed by atoms with van der Waals surface area (Å²) < 4.78 is 60.1. The quantitative estimate of drug-likeness (QED) is 0.195. The number of methoxy groups -OCH3 is 2. The molecule has 0 atom stereocenters. The number of carbonyl (C=O) groups excluding carboxylic acids is 2. The van der Waals surface area contributed by atoms with Crippen molar-refractivity contribution in [2.75, 3.05) is 27.4 Å². The molecule has 0 unspecified atom stereocenters. The molecule has 3 aromatic rings. The van der Waals surface area contributed by atoms with Crippen molar-refractivity contribution < 1.29 is 41.7 Å². The van der Waals surface area contributed by atoms with E-state index < -0.39 is 11.7 Å². The van der Waals surface area contributed by atoms with E-state index >= 15 is 0 Å². The fourth-order valence-electron chi connectivity index (χ4n) is 4.11. The Morgan fingerprint density at radius 3 is 1.70 bits per heavy atom. The molecule has 0 bridgehead atoms. The third-order valence-electron chi connectivity index (χ3n) is 7.06. The number of benzene rings is 3. The highest BCUT2D eigenvalue weighted by atomic mass is 79.9. The molecule has 10 heteroatoms. The average Bonchev–Trinajstić information content (AvgIpc) is 3.92. The van der Waals surface area contributed by atoms with E-state index in [0.29, 0.717) is 35.0 Å². The normalized spacial score (nSPS) is 14.3. The molecular formula is C33H34BrF3O6. The van der Waals surface area contributed by atoms with Crippen molar-refractivity contribution in [1.82, 2.24) is 0 Å². The monoisotopic (exact) mass is 662 g/mol. The summed E-state index contributed by atoms with van der Waals surface area (Å²) in [6, 6.07) is 15.9. The van der Waals surface area contributed by atoms with Gasteiger partial charge >= 0.3 is 18.1 Å². The number of carbonyl (C=O) groups is 2. The van der Waals surface area contributed by atoms with Crippen LogP contribution in [0.3, 0.4) is 0 Å². The molecule has 0 heterocycles. The van der Waals surface area contributed by atoms with Gasteiger partial charge < -0.3 is 18.9 Å². The maximum Gasteiger partial charge on any atom is 0.416 e. The molecule has 0 saturated heterocycles. The largest absolute Gasteiger partial charge is 0.493 e. The Kier molecular flexibility index (Phi) is 11.1. The van der Waals surface area contributed by atoms with Gasteiger partial charge in [0.2, 0.25) is 0 Å². The van der Waals surface area contributed by atoms with Crippen LogP contribution in [0.5, 0.6) is 11.5 Å². The molecule has 2 aliphatic carbocycles. The van der Waals surface area contributed by atoms with Crippen molar-refractivity contribution >= 4 is 27.9 Å². The standard InChI is InChI=1S/C20H19F3O3.C13H15BrO3/c1-25-19(24)11-14-4-9-18(26-12-13-2-3-13)17(10-14)15-5-7-16(8-6-15)20(21,22)23;1-16-13(15)7-10-4-5-12(11(14)6-10)17-8-9-2-3-9/h4-10,13H,2-3,11-12H2,1H3;4-6,9H,2-3,7-8H2,1H3. The molecule has 2 fully saturated rings. The molecule has 230 valence electrons. The minimum absolute atomic E-state index is 0.0903. The zero-order chi connectivity index (χ0) is 31.0. The van der Waals surface area contributed by atoms with Gasteiger partial charge in [0.15, 0.2) is 0 Å². The summed E-state index contributed by atoms with van der Waals surface area (Å²) in [6.45, 7) is 1.37. The lowest BCUT2D eigenvalue weighted by Crippen LogP contribution is -2.06. The second kappa shape index (κ2) is 14.8. The molecule has 0 N–H and O–H groups in total. The minimum atomic E-state index is -4.38. The van der Waals surface area contributed by atoms with E-state index in [-0.39, 0.29) is 24.8 Å². The Hall–Kier alpha value is -3.53. The summed E-state index contributed by atoms with van der Waals surface area (Å²) in [7, 11) is 2.71. The summed E-state index contributed by atoms with van der Waals surface area (Å²) in [6.07, 6.45) is 0.823. The summed E-state index contributed by atoms with van der Waals surface area (Å²) in [5, 5.41) is 0. The highest BCUT2D eigenvalue weighted by Gasteiger charge is 2.30. The van der Waals surface area contributed by atoms with Gasteiger partial charge in [-0.05, 0) is 107 Å². The number of hydrogen-bond acceptors (Lipinski definition) is 6. The van der Waals surface area contributed by atoms with Gasteiger partial charge in [-0.1, -0.05) is 24.3 Å². The highest BCUT2D eigenvalue weighted by Crippen LogP contribution is 2.37. The predicted octanol–water partition coefficient (Wildman–Crippen LogP) is 7.83. The van der Waals surface area contributed by atoms with Gasteiger partial charge in [0.05, 0.1) is 50.3 Å². The van der Waals surface area contributed by atoms with Crippen LogP contribution in [0.4, 0.5) is 13.2 Å². The van der Waals surface area contributed by atoms with E-state index in [1.165, 1.54) is 39.2 Å². The Bertz CT molecular complexity index is 1400. The van der Waals surface area contributed by atoms with Crippen molar-refractivity contribution in [3.8, 4) is 22.6 Å². The molecule has 3 aromatic carbocycles. The molecule has 43 heavy (non-hydrogen) atoms. The summed E-state index contributed by atoms with van der Waals surface area (Å²) >= 11 is 3.45. The van der Waals surface area contributed by atoms with Crippen LogP contribution in [0.2, 0.25) is 0 Å². The first-order valence-electron chi connectivity index (χ1n) is 14.0. The SMILES string of the molecule is COC(=O)Cc1ccc(OCC2CC2)c(-c2ccc(C(F)(F)F)cc2)c1.COC(=O)Cc1ccc(OCC2CC2)c(Br)c1. The molecule has 5 rings (SSSR count). The van der Waals surface area contributed by atoms with Crippen molar-refractivity contribution in [1.29, 1.82) is 0 Å². The summed E-state index contributed by atoms with van der Waals surface area (Å²) in [5.74, 6) is 2.11. The minimum Gasteiger partial charge on any atom is -0.493 e. The van der Waals surface area contributed by atoms with Crippen LogP contribution in [0, 0.1) is 11.8 Å². The van der Waals surface area contributed by atoms with Gasteiger partial charge in [-0.25, -0.2) is 0 Å². The van der Waals surface area contributed by atoms with Gasteiger partial charge in [-0.3, -0.25) is 9.59 Å². The molecule has 0 spiro atoms. The van der Waals surface area contributed by atoms with Crippen LogP contribution in [0.1, 0.15) is 42.4 Å². The fraction of sp³-hybridized carbons (Fsp3) is 0.394. The van der Waals surface area contributed by atoms with Gasteiger partial charge in [0, 0.05) is 5.56 Å². The van der Waals surface area contributed by atoms with Crippen LogP contribution < -0.4 is 9.47 Å². The first-order chi connectivity index (χ1) is 20.5. The number of hydrogen-bond donors (Lipinski definition) is 0. The molecule has 0 radical (unpaired) electrons. The van der Waals surface area contributed by atoms with Crippen LogP contribution in [-0.2, 0) is 38.1 Å². The Balaban J connectivity index is 0.000000215. The Morgan fingerprint density at radius 1 is 0.744 bits per heavy atom. The number of halogens is 4. The van der Waals surface area contributed by atoms with Crippen molar-refractivity contribution in [2.24, 2.45) is 11.8 Å². The van der Waals surface area contributed by atoms with Crippen LogP contribution in [0.15, 0.2) is 65.1 Å². The maximum absolute atomic E-state index is 12.8. The van der Waals surface area contributed by atoms with Gasteiger partial charge in [0.1, 0.15) is 11.5 Å². The van der Waals surface area contributed by atoms with E-state index in [0.717, 1.165) is 53.3 Å². The Labute approximate surface area is 257 Å². The number of ether oxygens (including phenoxy) is 4. The van der Waals surface area contributed by atoms with Crippen molar-refractivity contribution in [2.45, 2.75) is 44.7 Å². The van der Waals surface area contributed by atoms with E-state index in [2.05, 4.69) is 25.4 Å². The third-order valence-corrected chi connectivity index (χ3v) is 7.68. The summed E-state index contributed by atoms with van der Waals surface area (Å²) in [4.78, 5) is 22.6. The van der Waals surface area contributed by atoms with E-state index in [4.69, 9.17) is 9.47 Å². The van der Waals surface area contributed by atoms with E-state index in [9.17, 15) is 22.8 Å². The van der Waals surface area contributed by atoms with E-state index in [1.54, 1.807) is 18.2 Å². The van der Waals surface area contributed by atoms with Gasteiger partial charge in [0.25, 0.3) is 0 Å². The lowest BCUT2D eigenvalue weighted by atomic mass is 9.99. The van der Waals surface area contributed by atoms with E-state index in [1.807, 2.05) is 18.2 Å². The van der Waals surface area contributed by atoms with Crippen molar-refractivity contribution in [3.05, 3.63) is 81.8 Å². The van der Waals surface area contributed by atoms with Crippen LogP contribution in [-0.4, -0.2) is 39.4 Å². The topological polar surface area (TPSA) is 71.1 Å². The lowest BCUT2D eigenvalue weighted by Gasteiger charge is -2.14. The van der Waals surface area contributed by atoms with Gasteiger partial charge in [-0.15, -0.1) is 0 Å². The Morgan fingerprint density at radius 2 is 1.23 bits per heavy atom. The van der Waals surface area contributed by atoms with Crippen LogP contribution in [0.25, 0.3) is 11.1 Å². The maximum atomic E-state index is 12.8. The van der Waals surface area contributed by atoms with Crippen LogP contribution >= 0.6 is 15.9 Å². The van der Waals surface area contributed by atoms with Gasteiger partial charge in [-0.2, -0.15) is 13.2 Å². The lowest BCUT2D eigenvalue weighted by molar-refractivity contribution is -0.140.